The number of sulfonamides is 1. The Morgan fingerprint density at radius 2 is 1.48 bits per heavy atom. The van der Waals surface area contributed by atoms with Crippen LogP contribution < -0.4 is 10.9 Å². The molecule has 9 heteroatoms. The van der Waals surface area contributed by atoms with Crippen LogP contribution in [0.1, 0.15) is 34.6 Å². The van der Waals surface area contributed by atoms with Gasteiger partial charge in [0.15, 0.2) is 0 Å². The second-order valence-electron chi connectivity index (χ2n) is 5.53. The number of hydrazine groups is 1. The molecule has 0 aromatic heterocycles. The molecule has 144 valence electrons. The summed E-state index contributed by atoms with van der Waals surface area (Å²) in [6.07, 6.45) is 0. The topological polar surface area (TPSA) is 95.6 Å². The molecule has 0 fully saturated rings. The van der Waals surface area contributed by atoms with E-state index in [0.29, 0.717) is 13.1 Å². The fourth-order valence-corrected chi connectivity index (χ4v) is 3.87. The van der Waals surface area contributed by atoms with Gasteiger partial charge in [-0.05, 0) is 42.5 Å². The number of carbonyl (C=O) groups is 2. The molecule has 2 rings (SSSR count). The van der Waals surface area contributed by atoms with Crippen LogP contribution in [0.25, 0.3) is 0 Å². The van der Waals surface area contributed by atoms with E-state index in [1.807, 2.05) is 0 Å². The highest BCUT2D eigenvalue weighted by Crippen LogP contribution is 2.17. The summed E-state index contributed by atoms with van der Waals surface area (Å²) in [5, 5.41) is 0. The van der Waals surface area contributed by atoms with Crippen molar-refractivity contribution in [1.82, 2.24) is 15.2 Å². The first kappa shape index (κ1) is 20.5. The molecular formula is C18H20FN3O4S. The number of amides is 2. The van der Waals surface area contributed by atoms with Gasteiger partial charge in [-0.15, -0.1) is 0 Å². The number of benzene rings is 2. The Kier molecular flexibility index (Phi) is 6.65. The van der Waals surface area contributed by atoms with Crippen LogP contribution in [-0.4, -0.2) is 37.6 Å². The summed E-state index contributed by atoms with van der Waals surface area (Å²) in [5.74, 6) is -1.79. The maximum Gasteiger partial charge on any atom is 0.269 e. The van der Waals surface area contributed by atoms with Gasteiger partial charge in [0, 0.05) is 24.2 Å². The maximum atomic E-state index is 12.9. The van der Waals surface area contributed by atoms with Crippen molar-refractivity contribution in [2.75, 3.05) is 13.1 Å². The fourth-order valence-electron chi connectivity index (χ4n) is 2.37. The highest BCUT2D eigenvalue weighted by Gasteiger charge is 2.22. The summed E-state index contributed by atoms with van der Waals surface area (Å²) >= 11 is 0. The predicted octanol–water partition coefficient (Wildman–Crippen LogP) is 1.93. The third kappa shape index (κ3) is 4.89. The molecule has 0 saturated carbocycles. The van der Waals surface area contributed by atoms with E-state index in [1.54, 1.807) is 13.8 Å². The van der Waals surface area contributed by atoms with Crippen molar-refractivity contribution in [2.45, 2.75) is 18.7 Å². The van der Waals surface area contributed by atoms with E-state index in [-0.39, 0.29) is 16.0 Å². The van der Waals surface area contributed by atoms with Crippen LogP contribution in [0.2, 0.25) is 0 Å². The van der Waals surface area contributed by atoms with Gasteiger partial charge in [-0.3, -0.25) is 20.4 Å². The molecule has 7 nitrogen and oxygen atoms in total. The highest BCUT2D eigenvalue weighted by molar-refractivity contribution is 7.89. The van der Waals surface area contributed by atoms with Gasteiger partial charge in [0.25, 0.3) is 11.8 Å². The lowest BCUT2D eigenvalue weighted by molar-refractivity contribution is 0.0846. The monoisotopic (exact) mass is 393 g/mol. The lowest BCUT2D eigenvalue weighted by Gasteiger charge is -2.18. The zero-order valence-corrected chi connectivity index (χ0v) is 15.7. The number of hydrogen-bond acceptors (Lipinski definition) is 4. The minimum Gasteiger partial charge on any atom is -0.267 e. The van der Waals surface area contributed by atoms with Crippen molar-refractivity contribution in [3.8, 4) is 0 Å². The van der Waals surface area contributed by atoms with Gasteiger partial charge >= 0.3 is 0 Å². The fraction of sp³-hybridized carbons (Fsp3) is 0.222. The average molecular weight is 393 g/mol. The number of hydrogen-bond donors (Lipinski definition) is 2. The molecule has 0 radical (unpaired) electrons. The molecular weight excluding hydrogens is 373 g/mol. The molecule has 0 aliphatic carbocycles. The van der Waals surface area contributed by atoms with E-state index in [1.165, 1.54) is 40.7 Å². The molecule has 0 bridgehead atoms. The van der Waals surface area contributed by atoms with Gasteiger partial charge in [-0.25, -0.2) is 12.8 Å². The minimum atomic E-state index is -3.71. The van der Waals surface area contributed by atoms with Gasteiger partial charge in [0.1, 0.15) is 5.82 Å². The van der Waals surface area contributed by atoms with Gasteiger partial charge in [0.2, 0.25) is 10.0 Å². The molecule has 0 heterocycles. The minimum absolute atomic E-state index is 0.0105. The van der Waals surface area contributed by atoms with Crippen molar-refractivity contribution >= 4 is 21.8 Å². The second kappa shape index (κ2) is 8.74. The zero-order chi connectivity index (χ0) is 20.0. The van der Waals surface area contributed by atoms with Crippen LogP contribution >= 0.6 is 0 Å². The summed E-state index contributed by atoms with van der Waals surface area (Å²) in [6.45, 7) is 4.07. The third-order valence-electron chi connectivity index (χ3n) is 3.84. The van der Waals surface area contributed by atoms with E-state index in [4.69, 9.17) is 0 Å². The molecule has 2 aromatic rings. The van der Waals surface area contributed by atoms with Crippen LogP contribution in [-0.2, 0) is 10.0 Å². The van der Waals surface area contributed by atoms with E-state index in [9.17, 15) is 22.4 Å². The summed E-state index contributed by atoms with van der Waals surface area (Å²) in [4.78, 5) is 24.2. The smallest absolute Gasteiger partial charge is 0.267 e. The Bertz CT molecular complexity index is 926. The molecule has 0 spiro atoms. The number of nitrogens with zero attached hydrogens (tertiary/aromatic N) is 1. The Labute approximate surface area is 157 Å². The van der Waals surface area contributed by atoms with Gasteiger partial charge in [0.05, 0.1) is 4.90 Å². The first-order valence-corrected chi connectivity index (χ1v) is 9.70. The SMILES string of the molecule is CCN(CC)S(=O)(=O)c1cccc(C(=O)NNC(=O)c2ccc(F)cc2)c1. The molecule has 2 amide bonds. The third-order valence-corrected chi connectivity index (χ3v) is 5.88. The van der Waals surface area contributed by atoms with Crippen LogP contribution in [0, 0.1) is 5.82 Å². The summed E-state index contributed by atoms with van der Waals surface area (Å²) in [5.41, 5.74) is 4.64. The average Bonchev–Trinajstić information content (AvgIpc) is 2.67. The predicted molar refractivity (Wildman–Crippen MR) is 97.9 cm³/mol. The van der Waals surface area contributed by atoms with E-state index in [2.05, 4.69) is 10.9 Å². The molecule has 0 aliphatic rings. The zero-order valence-electron chi connectivity index (χ0n) is 14.9. The van der Waals surface area contributed by atoms with E-state index in [0.717, 1.165) is 12.1 Å². The summed E-state index contributed by atoms with van der Waals surface area (Å²) in [6, 6.07) is 10.3. The van der Waals surface area contributed by atoms with Crippen LogP contribution in [0.4, 0.5) is 4.39 Å². The first-order valence-electron chi connectivity index (χ1n) is 8.26. The molecule has 27 heavy (non-hydrogen) atoms. The Hall–Kier alpha value is -2.78. The van der Waals surface area contributed by atoms with E-state index >= 15 is 0 Å². The second-order valence-corrected chi connectivity index (χ2v) is 7.47. The van der Waals surface area contributed by atoms with Crippen LogP contribution in [0.15, 0.2) is 53.4 Å². The normalized spacial score (nSPS) is 11.3. The Morgan fingerprint density at radius 1 is 0.926 bits per heavy atom. The van der Waals surface area contributed by atoms with Crippen LogP contribution in [0.5, 0.6) is 0 Å². The van der Waals surface area contributed by atoms with Crippen LogP contribution in [0.3, 0.4) is 0 Å². The van der Waals surface area contributed by atoms with Crippen molar-refractivity contribution in [2.24, 2.45) is 0 Å². The highest BCUT2D eigenvalue weighted by atomic mass is 32.2. The Balaban J connectivity index is 2.11. The van der Waals surface area contributed by atoms with Crippen molar-refractivity contribution in [3.05, 3.63) is 65.5 Å². The van der Waals surface area contributed by atoms with Gasteiger partial charge < -0.3 is 0 Å². The number of rotatable bonds is 6. The quantitative estimate of drug-likeness (QED) is 0.733. The molecule has 0 saturated heterocycles. The molecule has 0 aliphatic heterocycles. The lowest BCUT2D eigenvalue weighted by atomic mass is 10.2. The number of carbonyl (C=O) groups excluding carboxylic acids is 2. The molecule has 2 aromatic carbocycles. The van der Waals surface area contributed by atoms with E-state index < -0.39 is 27.7 Å². The first-order chi connectivity index (χ1) is 12.8. The van der Waals surface area contributed by atoms with Gasteiger partial charge in [-0.2, -0.15) is 4.31 Å². The molecule has 0 atom stereocenters. The maximum absolute atomic E-state index is 12.9. The molecule has 2 N–H and O–H groups in total. The summed E-state index contributed by atoms with van der Waals surface area (Å²) < 4.78 is 39.2. The Morgan fingerprint density at radius 3 is 2.04 bits per heavy atom. The van der Waals surface area contributed by atoms with Crippen molar-refractivity contribution < 1.29 is 22.4 Å². The number of nitrogens with one attached hydrogen (secondary N) is 2. The summed E-state index contributed by atoms with van der Waals surface area (Å²) in [7, 11) is -3.71. The standard InChI is InChI=1S/C18H20FN3O4S/c1-3-22(4-2)27(25,26)16-7-5-6-14(12-16)18(24)21-20-17(23)13-8-10-15(19)11-9-13/h5-12H,3-4H2,1-2H3,(H,20,23)(H,21,24). The number of halogens is 1. The van der Waals surface area contributed by atoms with Crippen molar-refractivity contribution in [3.63, 3.8) is 0 Å². The molecule has 0 unspecified atom stereocenters. The van der Waals surface area contributed by atoms with Gasteiger partial charge in [-0.1, -0.05) is 19.9 Å². The largest absolute Gasteiger partial charge is 0.269 e. The lowest BCUT2D eigenvalue weighted by Crippen LogP contribution is -2.41. The van der Waals surface area contributed by atoms with Crippen molar-refractivity contribution in [1.29, 1.82) is 0 Å².